The first-order valence-electron chi connectivity index (χ1n) is 7.86. The largest absolute Gasteiger partial charge is 0.454 e. The zero-order valence-corrected chi connectivity index (χ0v) is 13.3. The molecule has 0 radical (unpaired) electrons. The summed E-state index contributed by atoms with van der Waals surface area (Å²) in [5, 5.41) is 0. The Balaban J connectivity index is 1.60. The maximum absolute atomic E-state index is 12.8. The van der Waals surface area contributed by atoms with Gasteiger partial charge in [0.25, 0.3) is 5.91 Å². The average Bonchev–Trinajstić information content (AvgIpc) is 3.25. The van der Waals surface area contributed by atoms with Gasteiger partial charge in [-0.05, 0) is 37.3 Å². The molecule has 0 aliphatic carbocycles. The third-order valence-electron chi connectivity index (χ3n) is 4.13. The van der Waals surface area contributed by atoms with E-state index in [9.17, 15) is 4.79 Å². The quantitative estimate of drug-likeness (QED) is 0.741. The van der Waals surface area contributed by atoms with Crippen LogP contribution in [0.2, 0.25) is 0 Å². The number of benzene rings is 1. The third-order valence-corrected chi connectivity index (χ3v) is 4.13. The van der Waals surface area contributed by atoms with Crippen LogP contribution in [0.5, 0.6) is 11.5 Å². The number of hydrogen-bond donors (Lipinski definition) is 0. The number of carbonyl (C=O) groups excluding carboxylic acids is 1. The van der Waals surface area contributed by atoms with Gasteiger partial charge in [0.2, 0.25) is 6.79 Å². The molecule has 0 saturated carbocycles. The Morgan fingerprint density at radius 2 is 2.12 bits per heavy atom. The molecular weight excluding hydrogens is 306 g/mol. The molecule has 0 bridgehead atoms. The van der Waals surface area contributed by atoms with Crippen LogP contribution < -0.4 is 9.47 Å². The topological polar surface area (TPSA) is 56.1 Å². The predicted octanol–water partition coefficient (Wildman–Crippen LogP) is 2.73. The first-order chi connectivity index (χ1) is 11.8. The summed E-state index contributed by atoms with van der Waals surface area (Å²) >= 11 is 0. The van der Waals surface area contributed by atoms with E-state index in [4.69, 9.17) is 9.47 Å². The minimum Gasteiger partial charge on any atom is -0.454 e. The van der Waals surface area contributed by atoms with Gasteiger partial charge in [-0.15, -0.1) is 0 Å². The SMILES string of the molecule is CCN(Cc1cnc2ccccn12)C(=O)c1ccc2c(c1)OCO2. The Kier molecular flexibility index (Phi) is 3.57. The summed E-state index contributed by atoms with van der Waals surface area (Å²) in [7, 11) is 0. The fourth-order valence-electron chi connectivity index (χ4n) is 2.84. The monoisotopic (exact) mass is 323 g/mol. The lowest BCUT2D eigenvalue weighted by atomic mass is 10.1. The standard InChI is InChI=1S/C18H17N3O3/c1-2-20(11-14-10-19-17-5-3-4-8-21(14)17)18(22)13-6-7-15-16(9-13)24-12-23-15/h3-10H,2,11-12H2,1H3. The highest BCUT2D eigenvalue weighted by Gasteiger charge is 2.20. The number of fused-ring (bicyclic) bond motifs is 2. The fourth-order valence-corrected chi connectivity index (χ4v) is 2.84. The van der Waals surface area contributed by atoms with E-state index in [1.807, 2.05) is 41.9 Å². The second-order valence-electron chi connectivity index (χ2n) is 5.57. The summed E-state index contributed by atoms with van der Waals surface area (Å²) in [6.07, 6.45) is 3.77. The van der Waals surface area contributed by atoms with E-state index in [0.717, 1.165) is 11.3 Å². The molecule has 1 amide bonds. The van der Waals surface area contributed by atoms with Gasteiger partial charge in [-0.1, -0.05) is 6.07 Å². The summed E-state index contributed by atoms with van der Waals surface area (Å²) < 4.78 is 12.6. The van der Waals surface area contributed by atoms with Crippen LogP contribution in [0, 0.1) is 0 Å². The number of carbonyl (C=O) groups is 1. The highest BCUT2D eigenvalue weighted by atomic mass is 16.7. The van der Waals surface area contributed by atoms with Crippen molar-refractivity contribution in [3.05, 3.63) is 60.0 Å². The van der Waals surface area contributed by atoms with Gasteiger partial charge >= 0.3 is 0 Å². The van der Waals surface area contributed by atoms with Gasteiger partial charge < -0.3 is 18.8 Å². The van der Waals surface area contributed by atoms with Gasteiger partial charge in [-0.3, -0.25) is 4.79 Å². The lowest BCUT2D eigenvalue weighted by Crippen LogP contribution is -2.30. The fraction of sp³-hybridized carbons (Fsp3) is 0.222. The Morgan fingerprint density at radius 3 is 3.00 bits per heavy atom. The van der Waals surface area contributed by atoms with Crippen molar-refractivity contribution >= 4 is 11.6 Å². The van der Waals surface area contributed by atoms with E-state index in [0.29, 0.717) is 30.2 Å². The molecule has 1 aliphatic heterocycles. The molecular formula is C18H17N3O3. The zero-order valence-electron chi connectivity index (χ0n) is 13.3. The molecule has 6 heteroatoms. The molecule has 0 spiro atoms. The van der Waals surface area contributed by atoms with Crippen molar-refractivity contribution in [1.82, 2.24) is 14.3 Å². The number of aromatic nitrogens is 2. The normalized spacial score (nSPS) is 12.5. The van der Waals surface area contributed by atoms with Crippen LogP contribution in [0.15, 0.2) is 48.8 Å². The molecule has 24 heavy (non-hydrogen) atoms. The van der Waals surface area contributed by atoms with Gasteiger partial charge in [0, 0.05) is 18.3 Å². The average molecular weight is 323 g/mol. The first kappa shape index (κ1) is 14.6. The molecule has 0 atom stereocenters. The highest BCUT2D eigenvalue weighted by Crippen LogP contribution is 2.32. The van der Waals surface area contributed by atoms with Crippen molar-refractivity contribution in [2.45, 2.75) is 13.5 Å². The summed E-state index contributed by atoms with van der Waals surface area (Å²) in [6.45, 7) is 3.27. The third kappa shape index (κ3) is 2.46. The summed E-state index contributed by atoms with van der Waals surface area (Å²) in [6, 6.07) is 11.1. The molecule has 4 rings (SSSR count). The maximum Gasteiger partial charge on any atom is 0.254 e. The molecule has 122 valence electrons. The highest BCUT2D eigenvalue weighted by molar-refractivity contribution is 5.95. The Hall–Kier alpha value is -3.02. The van der Waals surface area contributed by atoms with Gasteiger partial charge in [0.15, 0.2) is 11.5 Å². The number of rotatable bonds is 4. The molecule has 3 heterocycles. The summed E-state index contributed by atoms with van der Waals surface area (Å²) in [5.41, 5.74) is 2.44. The minimum atomic E-state index is -0.0401. The molecule has 1 aromatic carbocycles. The van der Waals surface area contributed by atoms with Crippen molar-refractivity contribution < 1.29 is 14.3 Å². The van der Waals surface area contributed by atoms with Crippen molar-refractivity contribution in [3.8, 4) is 11.5 Å². The molecule has 2 aromatic heterocycles. The van der Waals surface area contributed by atoms with E-state index in [1.165, 1.54) is 0 Å². The molecule has 0 N–H and O–H groups in total. The van der Waals surface area contributed by atoms with Gasteiger partial charge in [-0.25, -0.2) is 4.98 Å². The van der Waals surface area contributed by atoms with E-state index in [-0.39, 0.29) is 12.7 Å². The molecule has 0 unspecified atom stereocenters. The van der Waals surface area contributed by atoms with Crippen LogP contribution in [0.25, 0.3) is 5.65 Å². The van der Waals surface area contributed by atoms with Gasteiger partial charge in [0.05, 0.1) is 18.4 Å². The molecule has 1 aliphatic rings. The lowest BCUT2D eigenvalue weighted by Gasteiger charge is -2.21. The maximum atomic E-state index is 12.8. The smallest absolute Gasteiger partial charge is 0.254 e. The second kappa shape index (κ2) is 5.88. The Bertz CT molecular complexity index is 903. The van der Waals surface area contributed by atoms with Crippen LogP contribution in [0.4, 0.5) is 0 Å². The minimum absolute atomic E-state index is 0.0401. The molecule has 0 saturated heterocycles. The number of imidazole rings is 1. The number of amides is 1. The van der Waals surface area contributed by atoms with Gasteiger partial charge in [-0.2, -0.15) is 0 Å². The molecule has 3 aromatic rings. The van der Waals surface area contributed by atoms with E-state index >= 15 is 0 Å². The number of pyridine rings is 1. The molecule has 0 fully saturated rings. The van der Waals surface area contributed by atoms with Gasteiger partial charge in [0.1, 0.15) is 5.65 Å². The van der Waals surface area contributed by atoms with Crippen molar-refractivity contribution in [2.75, 3.05) is 13.3 Å². The zero-order chi connectivity index (χ0) is 16.5. The lowest BCUT2D eigenvalue weighted by molar-refractivity contribution is 0.0750. The number of hydrogen-bond acceptors (Lipinski definition) is 4. The van der Waals surface area contributed by atoms with E-state index in [2.05, 4.69) is 4.98 Å². The Labute approximate surface area is 139 Å². The van der Waals surface area contributed by atoms with Crippen LogP contribution in [0.1, 0.15) is 23.0 Å². The number of ether oxygens (including phenoxy) is 2. The van der Waals surface area contributed by atoms with Crippen LogP contribution in [-0.4, -0.2) is 33.5 Å². The Morgan fingerprint density at radius 1 is 1.25 bits per heavy atom. The van der Waals surface area contributed by atoms with E-state index in [1.54, 1.807) is 23.1 Å². The van der Waals surface area contributed by atoms with Crippen molar-refractivity contribution in [2.24, 2.45) is 0 Å². The molecule has 6 nitrogen and oxygen atoms in total. The van der Waals surface area contributed by atoms with Crippen LogP contribution in [0.3, 0.4) is 0 Å². The van der Waals surface area contributed by atoms with Crippen LogP contribution >= 0.6 is 0 Å². The van der Waals surface area contributed by atoms with Crippen molar-refractivity contribution in [3.63, 3.8) is 0 Å². The van der Waals surface area contributed by atoms with Crippen molar-refractivity contribution in [1.29, 1.82) is 0 Å². The first-order valence-corrected chi connectivity index (χ1v) is 7.86. The predicted molar refractivity (Wildman–Crippen MR) is 88.2 cm³/mol. The summed E-state index contributed by atoms with van der Waals surface area (Å²) in [5.74, 6) is 1.25. The summed E-state index contributed by atoms with van der Waals surface area (Å²) in [4.78, 5) is 19.0. The van der Waals surface area contributed by atoms with E-state index < -0.39 is 0 Å². The second-order valence-corrected chi connectivity index (χ2v) is 5.57. The number of nitrogens with zero attached hydrogens (tertiary/aromatic N) is 3. The van der Waals surface area contributed by atoms with Crippen LogP contribution in [-0.2, 0) is 6.54 Å².